The molecule has 0 atom stereocenters. The van der Waals surface area contributed by atoms with Crippen molar-refractivity contribution >= 4 is 0 Å². The highest BCUT2D eigenvalue weighted by atomic mass is 19.1. The van der Waals surface area contributed by atoms with E-state index in [1.807, 2.05) is 20.3 Å². The van der Waals surface area contributed by atoms with Gasteiger partial charge in [-0.3, -0.25) is 0 Å². The zero-order chi connectivity index (χ0) is 9.47. The molecule has 0 spiro atoms. The van der Waals surface area contributed by atoms with Gasteiger partial charge in [-0.1, -0.05) is 0 Å². The van der Waals surface area contributed by atoms with Crippen LogP contribution in [0.25, 0.3) is 0 Å². The molecule has 2 rings (SSSR count). The molecule has 13 heavy (non-hydrogen) atoms. The first-order valence-corrected chi connectivity index (χ1v) is 4.39. The minimum Gasteiger partial charge on any atom is -0.488 e. The van der Waals surface area contributed by atoms with Gasteiger partial charge in [0.1, 0.15) is 17.2 Å². The number of rotatable bonds is 0. The minimum absolute atomic E-state index is 0.162. The van der Waals surface area contributed by atoms with Gasteiger partial charge in [0.05, 0.1) is 0 Å². The second-order valence-electron chi connectivity index (χ2n) is 3.95. The number of ether oxygens (including phenoxy) is 1. The Kier molecular flexibility index (Phi) is 1.79. The van der Waals surface area contributed by atoms with Gasteiger partial charge in [0.25, 0.3) is 0 Å². The second kappa shape index (κ2) is 2.72. The van der Waals surface area contributed by atoms with Crippen LogP contribution in [0.5, 0.6) is 5.75 Å². The highest BCUT2D eigenvalue weighted by Crippen LogP contribution is 2.34. The summed E-state index contributed by atoms with van der Waals surface area (Å²) in [6.45, 7) is 4.05. The predicted molar refractivity (Wildman–Crippen MR) is 49.1 cm³/mol. The lowest BCUT2D eigenvalue weighted by Crippen LogP contribution is -2.31. The third-order valence-corrected chi connectivity index (χ3v) is 2.17. The van der Waals surface area contributed by atoms with Gasteiger partial charge < -0.3 is 4.74 Å². The van der Waals surface area contributed by atoms with Crippen LogP contribution in [-0.4, -0.2) is 5.60 Å². The van der Waals surface area contributed by atoms with Crippen molar-refractivity contribution in [2.75, 3.05) is 0 Å². The van der Waals surface area contributed by atoms with Crippen LogP contribution >= 0.6 is 0 Å². The maximum Gasteiger partial charge on any atom is 0.123 e. The fourth-order valence-corrected chi connectivity index (χ4v) is 1.47. The molecule has 2 heteroatoms. The van der Waals surface area contributed by atoms with Crippen LogP contribution in [0, 0.1) is 12.2 Å². The molecule has 69 valence electrons. The molecule has 0 saturated carbocycles. The monoisotopic (exact) mass is 179 g/mol. The zero-order valence-electron chi connectivity index (χ0n) is 7.80. The molecule has 1 nitrogen and oxygen atoms in total. The molecule has 1 aliphatic rings. The molecular weight excluding hydrogens is 167 g/mol. The van der Waals surface area contributed by atoms with Gasteiger partial charge in [-0.15, -0.1) is 0 Å². The summed E-state index contributed by atoms with van der Waals surface area (Å²) in [5.74, 6) is 0.566. The summed E-state index contributed by atoms with van der Waals surface area (Å²) in [5.41, 5.74) is 0.699. The molecule has 1 heterocycles. The number of hydrogen-bond donors (Lipinski definition) is 0. The normalized spacial score (nSPS) is 19.0. The summed E-state index contributed by atoms with van der Waals surface area (Å²) < 4.78 is 18.5. The van der Waals surface area contributed by atoms with Gasteiger partial charge in [-0.25, -0.2) is 4.39 Å². The van der Waals surface area contributed by atoms with E-state index >= 15 is 0 Å². The Labute approximate surface area is 77.5 Å². The highest BCUT2D eigenvalue weighted by Gasteiger charge is 2.26. The summed E-state index contributed by atoms with van der Waals surface area (Å²) >= 11 is 0. The topological polar surface area (TPSA) is 9.23 Å². The van der Waals surface area contributed by atoms with Crippen molar-refractivity contribution in [2.24, 2.45) is 0 Å². The van der Waals surface area contributed by atoms with Gasteiger partial charge in [0.15, 0.2) is 0 Å². The minimum atomic E-state index is -0.210. The van der Waals surface area contributed by atoms with E-state index in [1.54, 1.807) is 6.07 Å². The largest absolute Gasteiger partial charge is 0.488 e. The van der Waals surface area contributed by atoms with E-state index in [0.717, 1.165) is 17.7 Å². The molecule has 1 aromatic rings. The number of benzene rings is 1. The number of fused-ring (bicyclic) bond motifs is 1. The second-order valence-corrected chi connectivity index (χ2v) is 3.95. The van der Waals surface area contributed by atoms with Crippen LogP contribution < -0.4 is 4.74 Å². The first kappa shape index (κ1) is 8.54. The molecule has 0 unspecified atom stereocenters. The molecule has 0 aliphatic carbocycles. The van der Waals surface area contributed by atoms with Gasteiger partial charge in [0, 0.05) is 5.56 Å². The maximum atomic E-state index is 12.8. The van der Waals surface area contributed by atoms with E-state index in [1.165, 1.54) is 12.1 Å². The summed E-state index contributed by atoms with van der Waals surface area (Å²) in [7, 11) is 0. The summed E-state index contributed by atoms with van der Waals surface area (Å²) in [6, 6.07) is 4.61. The van der Waals surface area contributed by atoms with Gasteiger partial charge in [-0.05, 0) is 44.9 Å². The molecule has 0 N–H and O–H groups in total. The van der Waals surface area contributed by atoms with Gasteiger partial charge in [-0.2, -0.15) is 0 Å². The molecule has 0 fully saturated rings. The van der Waals surface area contributed by atoms with E-state index in [-0.39, 0.29) is 11.4 Å². The van der Waals surface area contributed by atoms with Gasteiger partial charge >= 0.3 is 0 Å². The molecule has 0 amide bonds. The molecule has 1 aromatic carbocycles. The maximum absolute atomic E-state index is 12.8. The van der Waals surface area contributed by atoms with E-state index in [4.69, 9.17) is 4.74 Å². The lowest BCUT2D eigenvalue weighted by atomic mass is 9.94. The zero-order valence-corrected chi connectivity index (χ0v) is 7.80. The fourth-order valence-electron chi connectivity index (χ4n) is 1.47. The summed E-state index contributed by atoms with van der Waals surface area (Å²) in [4.78, 5) is 0. The number of hydrogen-bond acceptors (Lipinski definition) is 1. The van der Waals surface area contributed by atoms with E-state index in [2.05, 4.69) is 0 Å². The first-order valence-electron chi connectivity index (χ1n) is 4.39. The van der Waals surface area contributed by atoms with Gasteiger partial charge in [0.2, 0.25) is 0 Å². The SMILES string of the molecule is CC1(C)C[CH]c2cc(F)ccc2O1. The Morgan fingerprint density at radius 2 is 2.15 bits per heavy atom. The van der Waals surface area contributed by atoms with Crippen LogP contribution in [-0.2, 0) is 0 Å². The standard InChI is InChI=1S/C11H12FO/c1-11(2)6-5-8-7-9(12)3-4-10(8)13-11/h3-5,7H,6H2,1-2H3. The van der Waals surface area contributed by atoms with E-state index in [9.17, 15) is 4.39 Å². The van der Waals surface area contributed by atoms with Crippen molar-refractivity contribution in [3.05, 3.63) is 36.0 Å². The predicted octanol–water partition coefficient (Wildman–Crippen LogP) is 2.94. The van der Waals surface area contributed by atoms with Crippen molar-refractivity contribution in [2.45, 2.75) is 25.9 Å². The van der Waals surface area contributed by atoms with E-state index < -0.39 is 0 Å². The van der Waals surface area contributed by atoms with Crippen LogP contribution in [0.1, 0.15) is 25.8 Å². The van der Waals surface area contributed by atoms with Crippen molar-refractivity contribution in [3.63, 3.8) is 0 Å². The molecule has 0 saturated heterocycles. The van der Waals surface area contributed by atoms with Crippen LogP contribution in [0.2, 0.25) is 0 Å². The lowest BCUT2D eigenvalue weighted by molar-refractivity contribution is 0.0985. The molecule has 1 radical (unpaired) electrons. The average molecular weight is 179 g/mol. The Balaban J connectivity index is 2.37. The average Bonchev–Trinajstić information content (AvgIpc) is 2.05. The molecule has 0 bridgehead atoms. The third-order valence-electron chi connectivity index (χ3n) is 2.17. The smallest absolute Gasteiger partial charge is 0.123 e. The quantitative estimate of drug-likeness (QED) is 0.595. The lowest BCUT2D eigenvalue weighted by Gasteiger charge is -2.32. The van der Waals surface area contributed by atoms with Crippen LogP contribution in [0.4, 0.5) is 4.39 Å². The summed E-state index contributed by atoms with van der Waals surface area (Å²) in [5, 5.41) is 0. The fraction of sp³-hybridized carbons (Fsp3) is 0.364. The molecule has 1 aliphatic heterocycles. The molecule has 0 aromatic heterocycles. The van der Waals surface area contributed by atoms with Crippen LogP contribution in [0.15, 0.2) is 18.2 Å². The Hall–Kier alpha value is -1.05. The van der Waals surface area contributed by atoms with Crippen molar-refractivity contribution in [1.29, 1.82) is 0 Å². The highest BCUT2D eigenvalue weighted by molar-refractivity contribution is 5.41. The Bertz CT molecular complexity index is 331. The first-order chi connectivity index (χ1) is 6.07. The molecular formula is C11H12FO. The summed E-state index contributed by atoms with van der Waals surface area (Å²) in [6.07, 6.45) is 2.84. The van der Waals surface area contributed by atoms with Crippen molar-refractivity contribution < 1.29 is 9.13 Å². The van der Waals surface area contributed by atoms with E-state index in [0.29, 0.717) is 0 Å². The van der Waals surface area contributed by atoms with Crippen molar-refractivity contribution in [3.8, 4) is 5.75 Å². The van der Waals surface area contributed by atoms with Crippen LogP contribution in [0.3, 0.4) is 0 Å². The third kappa shape index (κ3) is 1.67. The Morgan fingerprint density at radius 1 is 1.38 bits per heavy atom. The Morgan fingerprint density at radius 3 is 2.92 bits per heavy atom. The van der Waals surface area contributed by atoms with Crippen molar-refractivity contribution in [1.82, 2.24) is 0 Å². The number of halogens is 1.